The monoisotopic (exact) mass is 296 g/mol. The van der Waals surface area contributed by atoms with Gasteiger partial charge in [0, 0.05) is 11.3 Å². The number of nitrogens with two attached hydrogens (primary N) is 1. The Morgan fingerprint density at radius 2 is 2.00 bits per heavy atom. The second-order valence-corrected chi connectivity index (χ2v) is 6.50. The fourth-order valence-electron chi connectivity index (χ4n) is 3.29. The number of thiophene rings is 1. The van der Waals surface area contributed by atoms with Gasteiger partial charge in [-0.3, -0.25) is 4.98 Å². The first-order chi connectivity index (χ1) is 10.2. The van der Waals surface area contributed by atoms with Crippen LogP contribution in [0.15, 0.2) is 41.8 Å². The van der Waals surface area contributed by atoms with E-state index in [4.69, 9.17) is 10.7 Å². The minimum absolute atomic E-state index is 0.302. The summed E-state index contributed by atoms with van der Waals surface area (Å²) < 4.78 is 0.992. The Bertz CT molecular complexity index is 797. The lowest BCUT2D eigenvalue weighted by molar-refractivity contribution is 0.147. The number of hydrogen-bond donors (Lipinski definition) is 2. The van der Waals surface area contributed by atoms with E-state index < -0.39 is 6.10 Å². The van der Waals surface area contributed by atoms with E-state index in [0.717, 1.165) is 27.9 Å². The lowest BCUT2D eigenvalue weighted by Gasteiger charge is -2.29. The first kappa shape index (κ1) is 12.8. The minimum atomic E-state index is -0.530. The van der Waals surface area contributed by atoms with Crippen molar-refractivity contribution in [1.29, 1.82) is 0 Å². The fourth-order valence-corrected chi connectivity index (χ4v) is 4.09. The maximum Gasteiger partial charge on any atom is 0.0834 e. The van der Waals surface area contributed by atoms with E-state index >= 15 is 0 Å². The van der Waals surface area contributed by atoms with E-state index in [2.05, 4.69) is 12.1 Å². The largest absolute Gasteiger partial charge is 0.397 e. The third-order valence-corrected chi connectivity index (χ3v) is 5.23. The molecule has 21 heavy (non-hydrogen) atoms. The normalized spacial score (nSPS) is 21.4. The average Bonchev–Trinajstić information content (AvgIpc) is 2.96. The zero-order chi connectivity index (χ0) is 14.4. The molecule has 2 atom stereocenters. The first-order valence-corrected chi connectivity index (χ1v) is 8.00. The maximum absolute atomic E-state index is 10.6. The summed E-state index contributed by atoms with van der Waals surface area (Å²) in [4.78, 5) is 4.73. The van der Waals surface area contributed by atoms with Crippen LogP contribution in [0.25, 0.3) is 10.2 Å². The minimum Gasteiger partial charge on any atom is -0.397 e. The molecule has 0 saturated heterocycles. The Hall–Kier alpha value is -1.91. The van der Waals surface area contributed by atoms with Crippen LogP contribution in [-0.4, -0.2) is 10.1 Å². The molecule has 0 amide bonds. The van der Waals surface area contributed by atoms with Gasteiger partial charge in [0.05, 0.1) is 22.0 Å². The van der Waals surface area contributed by atoms with E-state index in [9.17, 15) is 5.11 Å². The van der Waals surface area contributed by atoms with Gasteiger partial charge in [0.2, 0.25) is 0 Å². The van der Waals surface area contributed by atoms with Crippen LogP contribution in [0.3, 0.4) is 0 Å². The van der Waals surface area contributed by atoms with Crippen molar-refractivity contribution in [3.8, 4) is 0 Å². The van der Waals surface area contributed by atoms with Crippen LogP contribution in [0, 0.1) is 0 Å². The Morgan fingerprint density at radius 3 is 2.81 bits per heavy atom. The molecule has 4 heteroatoms. The summed E-state index contributed by atoms with van der Waals surface area (Å²) in [5.74, 6) is 0.302. The highest BCUT2D eigenvalue weighted by atomic mass is 32.1. The number of aliphatic hydroxyl groups excluding tert-OH is 1. The SMILES string of the molecule is Nc1c2c(nc3ccsc13)CC(c1ccccc1)CC2O. The average molecular weight is 296 g/mol. The smallest absolute Gasteiger partial charge is 0.0834 e. The molecular formula is C17H16N2OS. The quantitative estimate of drug-likeness (QED) is 0.720. The third-order valence-electron chi connectivity index (χ3n) is 4.30. The van der Waals surface area contributed by atoms with Gasteiger partial charge in [0.15, 0.2) is 0 Å². The highest BCUT2D eigenvalue weighted by Gasteiger charge is 2.30. The second kappa shape index (κ2) is 4.83. The summed E-state index contributed by atoms with van der Waals surface area (Å²) in [5, 5.41) is 12.6. The summed E-state index contributed by atoms with van der Waals surface area (Å²) in [6, 6.07) is 12.3. The molecule has 2 unspecified atom stereocenters. The lowest BCUT2D eigenvalue weighted by Crippen LogP contribution is -2.20. The van der Waals surface area contributed by atoms with Gasteiger partial charge < -0.3 is 10.8 Å². The maximum atomic E-state index is 10.6. The number of fused-ring (bicyclic) bond motifs is 2. The summed E-state index contributed by atoms with van der Waals surface area (Å²) in [5.41, 5.74) is 11.0. The molecule has 2 heterocycles. The molecule has 4 rings (SSSR count). The van der Waals surface area contributed by atoms with Crippen molar-refractivity contribution in [2.75, 3.05) is 5.73 Å². The summed E-state index contributed by atoms with van der Waals surface area (Å²) in [6.45, 7) is 0. The van der Waals surface area contributed by atoms with E-state index in [1.165, 1.54) is 5.56 Å². The van der Waals surface area contributed by atoms with Gasteiger partial charge in [0.25, 0.3) is 0 Å². The van der Waals surface area contributed by atoms with Crippen LogP contribution < -0.4 is 5.73 Å². The molecule has 0 bridgehead atoms. The van der Waals surface area contributed by atoms with Crippen molar-refractivity contribution in [1.82, 2.24) is 4.98 Å². The molecule has 0 spiro atoms. The molecular weight excluding hydrogens is 280 g/mol. The number of rotatable bonds is 1. The van der Waals surface area contributed by atoms with Crippen molar-refractivity contribution in [3.63, 3.8) is 0 Å². The molecule has 0 fully saturated rings. The molecule has 1 aromatic carbocycles. The summed E-state index contributed by atoms with van der Waals surface area (Å²) in [7, 11) is 0. The summed E-state index contributed by atoms with van der Waals surface area (Å²) in [6.07, 6.45) is 1.02. The lowest BCUT2D eigenvalue weighted by atomic mass is 9.80. The molecule has 106 valence electrons. The molecule has 3 N–H and O–H groups in total. The van der Waals surface area contributed by atoms with Gasteiger partial charge in [-0.1, -0.05) is 30.3 Å². The van der Waals surface area contributed by atoms with Crippen LogP contribution in [-0.2, 0) is 6.42 Å². The van der Waals surface area contributed by atoms with Crippen molar-refractivity contribution in [2.24, 2.45) is 0 Å². The van der Waals surface area contributed by atoms with Crippen LogP contribution >= 0.6 is 11.3 Å². The highest BCUT2D eigenvalue weighted by molar-refractivity contribution is 7.17. The molecule has 2 aromatic heterocycles. The topological polar surface area (TPSA) is 59.1 Å². The predicted octanol–water partition coefficient (Wildman–Crippen LogP) is 3.64. The van der Waals surface area contributed by atoms with Crippen LogP contribution in [0.4, 0.5) is 5.69 Å². The Kier molecular flexibility index (Phi) is 2.94. The Balaban J connectivity index is 1.83. The zero-order valence-corrected chi connectivity index (χ0v) is 12.3. The molecule has 0 radical (unpaired) electrons. The molecule has 1 aliphatic rings. The van der Waals surface area contributed by atoms with Crippen molar-refractivity contribution in [2.45, 2.75) is 24.9 Å². The van der Waals surface area contributed by atoms with Gasteiger partial charge in [-0.2, -0.15) is 0 Å². The Morgan fingerprint density at radius 1 is 1.19 bits per heavy atom. The number of anilines is 1. The van der Waals surface area contributed by atoms with E-state index in [-0.39, 0.29) is 0 Å². The fraction of sp³-hybridized carbons (Fsp3) is 0.235. The van der Waals surface area contributed by atoms with Crippen molar-refractivity contribution >= 4 is 27.2 Å². The predicted molar refractivity (Wildman–Crippen MR) is 86.5 cm³/mol. The van der Waals surface area contributed by atoms with Crippen LogP contribution in [0.5, 0.6) is 0 Å². The zero-order valence-electron chi connectivity index (χ0n) is 11.5. The van der Waals surface area contributed by atoms with E-state index in [0.29, 0.717) is 18.0 Å². The van der Waals surface area contributed by atoms with Crippen LogP contribution in [0.2, 0.25) is 0 Å². The number of pyridine rings is 1. The number of hydrogen-bond acceptors (Lipinski definition) is 4. The third kappa shape index (κ3) is 2.03. The standard InChI is InChI=1S/C17H16N2OS/c18-16-15-13(19-12-6-7-21-17(12)16)8-11(9-14(15)20)10-4-2-1-3-5-10/h1-7,11,14,20H,8-9H2,(H2,18,19). The van der Waals surface area contributed by atoms with Crippen molar-refractivity contribution < 1.29 is 5.11 Å². The molecule has 1 aliphatic carbocycles. The second-order valence-electron chi connectivity index (χ2n) is 5.58. The van der Waals surface area contributed by atoms with Gasteiger partial charge in [-0.05, 0) is 35.8 Å². The van der Waals surface area contributed by atoms with E-state index in [1.807, 2.05) is 29.6 Å². The molecule has 0 aliphatic heterocycles. The highest BCUT2D eigenvalue weighted by Crippen LogP contribution is 2.43. The van der Waals surface area contributed by atoms with Gasteiger partial charge in [-0.15, -0.1) is 11.3 Å². The first-order valence-electron chi connectivity index (χ1n) is 7.12. The van der Waals surface area contributed by atoms with Gasteiger partial charge in [0.1, 0.15) is 0 Å². The molecule has 0 saturated carbocycles. The van der Waals surface area contributed by atoms with Crippen LogP contribution in [0.1, 0.15) is 35.3 Å². The van der Waals surface area contributed by atoms with Crippen molar-refractivity contribution in [3.05, 3.63) is 58.6 Å². The van der Waals surface area contributed by atoms with Gasteiger partial charge >= 0.3 is 0 Å². The number of nitrogen functional groups attached to an aromatic ring is 1. The van der Waals surface area contributed by atoms with E-state index in [1.54, 1.807) is 11.3 Å². The number of aromatic nitrogens is 1. The number of benzene rings is 1. The number of aliphatic hydroxyl groups is 1. The summed E-state index contributed by atoms with van der Waals surface area (Å²) >= 11 is 1.59. The molecule has 3 nitrogen and oxygen atoms in total. The Labute approximate surface area is 127 Å². The number of nitrogens with zero attached hydrogens (tertiary/aromatic N) is 1. The molecule has 3 aromatic rings. The van der Waals surface area contributed by atoms with Gasteiger partial charge in [-0.25, -0.2) is 0 Å².